The maximum Gasteiger partial charge on any atom is 0.224 e. The van der Waals surface area contributed by atoms with Gasteiger partial charge in [0.2, 0.25) is 5.91 Å². The first-order valence-corrected chi connectivity index (χ1v) is 7.32. The standard InChI is InChI=1S/C14H18ClN3O/c15-10-7-16-12(17-8-10)9-18-13(19)11-6-14(11)4-2-1-3-5-14/h7-8,11H,1-6,9H2,(H,18,19). The molecule has 5 heteroatoms. The Morgan fingerprint density at radius 3 is 2.68 bits per heavy atom. The van der Waals surface area contributed by atoms with Crippen LogP contribution in [0.15, 0.2) is 12.4 Å². The first-order valence-electron chi connectivity index (χ1n) is 6.94. The fourth-order valence-electron chi connectivity index (χ4n) is 3.25. The Bertz CT molecular complexity index is 468. The van der Waals surface area contributed by atoms with E-state index in [0.29, 0.717) is 22.8 Å². The maximum atomic E-state index is 12.1. The smallest absolute Gasteiger partial charge is 0.224 e. The molecule has 0 radical (unpaired) electrons. The number of aromatic nitrogens is 2. The molecule has 19 heavy (non-hydrogen) atoms. The lowest BCUT2D eigenvalue weighted by atomic mass is 9.84. The summed E-state index contributed by atoms with van der Waals surface area (Å²) < 4.78 is 0. The minimum atomic E-state index is 0.167. The number of hydrogen-bond acceptors (Lipinski definition) is 3. The minimum absolute atomic E-state index is 0.167. The zero-order chi connectivity index (χ0) is 13.3. The third-order valence-electron chi connectivity index (χ3n) is 4.45. The van der Waals surface area contributed by atoms with Crippen LogP contribution in [0.5, 0.6) is 0 Å². The van der Waals surface area contributed by atoms with Crippen molar-refractivity contribution in [2.24, 2.45) is 11.3 Å². The highest BCUT2D eigenvalue weighted by molar-refractivity contribution is 6.30. The van der Waals surface area contributed by atoms with Crippen molar-refractivity contribution < 1.29 is 4.79 Å². The summed E-state index contributed by atoms with van der Waals surface area (Å²) >= 11 is 5.72. The summed E-state index contributed by atoms with van der Waals surface area (Å²) in [5.41, 5.74) is 0.336. The molecule has 2 fully saturated rings. The van der Waals surface area contributed by atoms with Crippen LogP contribution >= 0.6 is 11.6 Å². The molecule has 1 aromatic rings. The SMILES string of the molecule is O=C(NCc1ncc(Cl)cn1)C1CC12CCCCC2. The molecular weight excluding hydrogens is 262 g/mol. The van der Waals surface area contributed by atoms with Gasteiger partial charge in [0.25, 0.3) is 0 Å². The van der Waals surface area contributed by atoms with E-state index in [1.54, 1.807) is 12.4 Å². The van der Waals surface area contributed by atoms with Gasteiger partial charge in [-0.2, -0.15) is 0 Å². The van der Waals surface area contributed by atoms with Crippen LogP contribution in [-0.4, -0.2) is 15.9 Å². The second kappa shape index (κ2) is 5.08. The predicted octanol–water partition coefficient (Wildman–Crippen LogP) is 2.72. The number of halogens is 1. The molecule has 1 N–H and O–H groups in total. The van der Waals surface area contributed by atoms with Crippen LogP contribution in [0.1, 0.15) is 44.3 Å². The number of nitrogens with one attached hydrogen (secondary N) is 1. The molecule has 1 spiro atoms. The van der Waals surface area contributed by atoms with Gasteiger partial charge in [0, 0.05) is 18.3 Å². The van der Waals surface area contributed by atoms with Gasteiger partial charge in [-0.3, -0.25) is 4.79 Å². The molecule has 1 atom stereocenters. The molecular formula is C14H18ClN3O. The topological polar surface area (TPSA) is 54.9 Å². The number of carbonyl (C=O) groups is 1. The molecule has 0 aromatic carbocycles. The fourth-order valence-corrected chi connectivity index (χ4v) is 3.34. The molecule has 3 rings (SSSR count). The van der Waals surface area contributed by atoms with E-state index in [2.05, 4.69) is 15.3 Å². The van der Waals surface area contributed by atoms with Crippen LogP contribution in [0, 0.1) is 11.3 Å². The second-order valence-corrected chi connectivity index (χ2v) is 6.15. The van der Waals surface area contributed by atoms with Gasteiger partial charge in [0.1, 0.15) is 5.82 Å². The molecule has 1 heterocycles. The maximum absolute atomic E-state index is 12.1. The van der Waals surface area contributed by atoms with E-state index in [0.717, 1.165) is 6.42 Å². The van der Waals surface area contributed by atoms with Crippen molar-refractivity contribution >= 4 is 17.5 Å². The summed E-state index contributed by atoms with van der Waals surface area (Å²) in [4.78, 5) is 20.3. The molecule has 4 nitrogen and oxygen atoms in total. The van der Waals surface area contributed by atoms with Crippen molar-refractivity contribution in [3.63, 3.8) is 0 Å². The van der Waals surface area contributed by atoms with Crippen molar-refractivity contribution in [1.29, 1.82) is 0 Å². The monoisotopic (exact) mass is 279 g/mol. The van der Waals surface area contributed by atoms with E-state index in [4.69, 9.17) is 11.6 Å². The molecule has 2 aliphatic carbocycles. The van der Waals surface area contributed by atoms with E-state index in [1.165, 1.54) is 32.1 Å². The first-order chi connectivity index (χ1) is 9.20. The highest BCUT2D eigenvalue weighted by Crippen LogP contribution is 2.61. The van der Waals surface area contributed by atoms with Crippen molar-refractivity contribution in [3.05, 3.63) is 23.2 Å². The number of nitrogens with zero attached hydrogens (tertiary/aromatic N) is 2. The fraction of sp³-hybridized carbons (Fsp3) is 0.643. The Morgan fingerprint density at radius 2 is 2.00 bits per heavy atom. The van der Waals surface area contributed by atoms with Gasteiger partial charge in [0.05, 0.1) is 11.6 Å². The molecule has 1 aromatic heterocycles. The zero-order valence-corrected chi connectivity index (χ0v) is 11.6. The Kier molecular flexibility index (Phi) is 3.44. The van der Waals surface area contributed by atoms with Crippen LogP contribution in [0.4, 0.5) is 0 Å². The van der Waals surface area contributed by atoms with Gasteiger partial charge < -0.3 is 5.32 Å². The molecule has 1 unspecified atom stereocenters. The highest BCUT2D eigenvalue weighted by atomic mass is 35.5. The van der Waals surface area contributed by atoms with E-state index < -0.39 is 0 Å². The van der Waals surface area contributed by atoms with E-state index >= 15 is 0 Å². The van der Waals surface area contributed by atoms with E-state index in [-0.39, 0.29) is 11.8 Å². The lowest BCUT2D eigenvalue weighted by molar-refractivity contribution is -0.123. The first kappa shape index (κ1) is 12.9. The summed E-state index contributed by atoms with van der Waals surface area (Å²) in [6, 6.07) is 0. The Morgan fingerprint density at radius 1 is 1.32 bits per heavy atom. The van der Waals surface area contributed by atoms with Gasteiger partial charge >= 0.3 is 0 Å². The van der Waals surface area contributed by atoms with Crippen molar-refractivity contribution in [2.75, 3.05) is 0 Å². The van der Waals surface area contributed by atoms with Crippen molar-refractivity contribution in [2.45, 2.75) is 45.1 Å². The van der Waals surface area contributed by atoms with Gasteiger partial charge in [-0.05, 0) is 24.7 Å². The van der Waals surface area contributed by atoms with Gasteiger partial charge in [-0.1, -0.05) is 30.9 Å². The lowest BCUT2D eigenvalue weighted by Crippen LogP contribution is -2.28. The predicted molar refractivity (Wildman–Crippen MR) is 72.5 cm³/mol. The van der Waals surface area contributed by atoms with Crippen LogP contribution in [0.25, 0.3) is 0 Å². The number of rotatable bonds is 3. The van der Waals surface area contributed by atoms with Gasteiger partial charge in [-0.25, -0.2) is 9.97 Å². The molecule has 1 amide bonds. The summed E-state index contributed by atoms with van der Waals surface area (Å²) in [6.07, 6.45) is 10.5. The molecule has 0 bridgehead atoms. The number of carbonyl (C=O) groups excluding carboxylic acids is 1. The van der Waals surface area contributed by atoms with E-state index in [1.807, 2.05) is 0 Å². The molecule has 0 aliphatic heterocycles. The van der Waals surface area contributed by atoms with Crippen molar-refractivity contribution in [1.82, 2.24) is 15.3 Å². The largest absolute Gasteiger partial charge is 0.349 e. The lowest BCUT2D eigenvalue weighted by Gasteiger charge is -2.21. The summed E-state index contributed by atoms with van der Waals surface area (Å²) in [5, 5.41) is 3.46. The summed E-state index contributed by atoms with van der Waals surface area (Å²) in [5.74, 6) is 0.997. The van der Waals surface area contributed by atoms with Crippen LogP contribution < -0.4 is 5.32 Å². The third kappa shape index (κ3) is 2.73. The quantitative estimate of drug-likeness (QED) is 0.925. The zero-order valence-electron chi connectivity index (χ0n) is 10.9. The third-order valence-corrected chi connectivity index (χ3v) is 4.65. The molecule has 102 valence electrons. The average molecular weight is 280 g/mol. The molecule has 0 saturated heterocycles. The van der Waals surface area contributed by atoms with Crippen LogP contribution in [-0.2, 0) is 11.3 Å². The molecule has 2 saturated carbocycles. The average Bonchev–Trinajstić information content (AvgIpc) is 3.12. The van der Waals surface area contributed by atoms with E-state index in [9.17, 15) is 4.79 Å². The van der Waals surface area contributed by atoms with Crippen LogP contribution in [0.3, 0.4) is 0 Å². The summed E-state index contributed by atoms with van der Waals surface area (Å²) in [6.45, 7) is 0.391. The highest BCUT2D eigenvalue weighted by Gasteiger charge is 2.57. The second-order valence-electron chi connectivity index (χ2n) is 5.72. The Hall–Kier alpha value is -1.16. The summed E-state index contributed by atoms with van der Waals surface area (Å²) in [7, 11) is 0. The Balaban J connectivity index is 1.51. The van der Waals surface area contributed by atoms with Gasteiger partial charge in [-0.15, -0.1) is 0 Å². The normalized spacial score (nSPS) is 24.2. The number of amides is 1. The van der Waals surface area contributed by atoms with Gasteiger partial charge in [0.15, 0.2) is 0 Å². The minimum Gasteiger partial charge on any atom is -0.349 e. The number of hydrogen-bond donors (Lipinski definition) is 1. The van der Waals surface area contributed by atoms with Crippen molar-refractivity contribution in [3.8, 4) is 0 Å². The Labute approximate surface area is 118 Å². The van der Waals surface area contributed by atoms with Crippen LogP contribution in [0.2, 0.25) is 5.02 Å². The molecule has 2 aliphatic rings.